The molecule has 0 aliphatic heterocycles. The van der Waals surface area contributed by atoms with Crippen LogP contribution in [0.4, 0.5) is 0 Å². The van der Waals surface area contributed by atoms with Crippen molar-refractivity contribution in [2.75, 3.05) is 6.61 Å². The number of hydrogen-bond acceptors (Lipinski definition) is 4. The molecular formula is C13H18N4O2. The minimum Gasteiger partial charge on any atom is -0.394 e. The molecule has 102 valence electrons. The van der Waals surface area contributed by atoms with E-state index >= 15 is 0 Å². The van der Waals surface area contributed by atoms with Crippen LogP contribution in [0.25, 0.3) is 11.0 Å². The van der Waals surface area contributed by atoms with E-state index in [4.69, 9.17) is 5.11 Å². The molecule has 0 saturated heterocycles. The van der Waals surface area contributed by atoms with E-state index in [-0.39, 0.29) is 12.5 Å². The summed E-state index contributed by atoms with van der Waals surface area (Å²) in [6.45, 7) is 6.12. The van der Waals surface area contributed by atoms with Gasteiger partial charge >= 0.3 is 0 Å². The molecule has 0 aliphatic carbocycles. The van der Waals surface area contributed by atoms with E-state index in [1.54, 1.807) is 30.7 Å². The van der Waals surface area contributed by atoms with Crippen LogP contribution in [0.5, 0.6) is 0 Å². The molecule has 1 aromatic carbocycles. The van der Waals surface area contributed by atoms with Crippen molar-refractivity contribution < 1.29 is 9.90 Å². The average Bonchev–Trinajstić information content (AvgIpc) is 2.80. The third-order valence-corrected chi connectivity index (χ3v) is 2.92. The maximum absolute atomic E-state index is 12.1. The maximum Gasteiger partial charge on any atom is 0.251 e. The molecule has 0 saturated carbocycles. The van der Waals surface area contributed by atoms with Crippen molar-refractivity contribution >= 4 is 16.9 Å². The van der Waals surface area contributed by atoms with Crippen molar-refractivity contribution in [3.63, 3.8) is 0 Å². The highest BCUT2D eigenvalue weighted by Gasteiger charge is 2.20. The van der Waals surface area contributed by atoms with E-state index in [1.807, 2.05) is 13.0 Å². The summed E-state index contributed by atoms with van der Waals surface area (Å²) in [5.74, 6) is -0.230. The molecule has 0 fully saturated rings. The second-order valence-electron chi connectivity index (χ2n) is 5.10. The summed E-state index contributed by atoms with van der Waals surface area (Å²) in [6.07, 6.45) is 0. The molecule has 0 unspecified atom stereocenters. The molecule has 1 heterocycles. The highest BCUT2D eigenvalue weighted by molar-refractivity contribution is 5.97. The molecular weight excluding hydrogens is 244 g/mol. The van der Waals surface area contributed by atoms with Crippen LogP contribution in [0.15, 0.2) is 18.2 Å². The third kappa shape index (κ3) is 2.73. The minimum atomic E-state index is -0.646. The van der Waals surface area contributed by atoms with Crippen LogP contribution in [-0.4, -0.2) is 38.2 Å². The van der Waals surface area contributed by atoms with Gasteiger partial charge in [-0.3, -0.25) is 4.79 Å². The number of nitrogens with one attached hydrogen (secondary N) is 1. The Morgan fingerprint density at radius 2 is 2.21 bits per heavy atom. The van der Waals surface area contributed by atoms with Gasteiger partial charge in [0.05, 0.1) is 17.7 Å². The summed E-state index contributed by atoms with van der Waals surface area (Å²) in [7, 11) is 0. The topological polar surface area (TPSA) is 80.0 Å². The summed E-state index contributed by atoms with van der Waals surface area (Å²) < 4.78 is 1.77. The monoisotopic (exact) mass is 262 g/mol. The van der Waals surface area contributed by atoms with Gasteiger partial charge in [0.1, 0.15) is 5.52 Å². The molecule has 19 heavy (non-hydrogen) atoms. The van der Waals surface area contributed by atoms with Gasteiger partial charge in [-0.2, -0.15) is 0 Å². The molecule has 6 heteroatoms. The summed E-state index contributed by atoms with van der Waals surface area (Å²) in [6, 6.07) is 5.28. The number of carbonyl (C=O) groups excluding carboxylic acids is 1. The first-order chi connectivity index (χ1) is 8.96. The van der Waals surface area contributed by atoms with Gasteiger partial charge in [0.2, 0.25) is 0 Å². The van der Waals surface area contributed by atoms with E-state index in [0.29, 0.717) is 11.1 Å². The molecule has 0 bridgehead atoms. The lowest BCUT2D eigenvalue weighted by molar-refractivity contribution is 0.0869. The largest absolute Gasteiger partial charge is 0.394 e. The number of benzene rings is 1. The normalized spacial score (nSPS) is 11.8. The first-order valence-electron chi connectivity index (χ1n) is 6.23. The van der Waals surface area contributed by atoms with Crippen LogP contribution in [0.1, 0.15) is 31.1 Å². The van der Waals surface area contributed by atoms with Gasteiger partial charge in [-0.25, -0.2) is 4.68 Å². The lowest BCUT2D eigenvalue weighted by Crippen LogP contribution is -2.46. The number of aromatic nitrogens is 3. The Kier molecular flexibility index (Phi) is 3.53. The average molecular weight is 262 g/mol. The highest BCUT2D eigenvalue weighted by atomic mass is 16.3. The van der Waals surface area contributed by atoms with Crippen molar-refractivity contribution in [3.05, 3.63) is 23.8 Å². The molecule has 0 atom stereocenters. The van der Waals surface area contributed by atoms with Crippen LogP contribution < -0.4 is 5.32 Å². The van der Waals surface area contributed by atoms with Crippen molar-refractivity contribution in [2.24, 2.45) is 0 Å². The maximum atomic E-state index is 12.1. The first-order valence-corrected chi connectivity index (χ1v) is 6.23. The number of amides is 1. The standard InChI is InChI=1S/C13H18N4O2/c1-4-17-11-6-5-9(7-10(11)15-16-17)12(19)14-13(2,3)8-18/h5-7,18H,4,8H2,1-3H3,(H,14,19). The van der Waals surface area contributed by atoms with Crippen LogP contribution in [0.3, 0.4) is 0 Å². The summed E-state index contributed by atoms with van der Waals surface area (Å²) in [5, 5.41) is 20.0. The SMILES string of the molecule is CCn1nnc2cc(C(=O)NC(C)(C)CO)ccc21. The van der Waals surface area contributed by atoms with E-state index in [1.165, 1.54) is 0 Å². The van der Waals surface area contributed by atoms with E-state index in [2.05, 4.69) is 15.6 Å². The molecule has 2 N–H and O–H groups in total. The second-order valence-corrected chi connectivity index (χ2v) is 5.10. The number of aliphatic hydroxyl groups excluding tert-OH is 1. The summed E-state index contributed by atoms with van der Waals surface area (Å²) in [5.41, 5.74) is 1.46. The zero-order valence-electron chi connectivity index (χ0n) is 11.3. The fourth-order valence-corrected chi connectivity index (χ4v) is 1.77. The van der Waals surface area contributed by atoms with Gasteiger partial charge in [0.15, 0.2) is 0 Å². The second kappa shape index (κ2) is 4.97. The lowest BCUT2D eigenvalue weighted by atomic mass is 10.1. The van der Waals surface area contributed by atoms with Crippen molar-refractivity contribution in [1.82, 2.24) is 20.3 Å². The van der Waals surface area contributed by atoms with Crippen LogP contribution in [0.2, 0.25) is 0 Å². The molecule has 0 spiro atoms. The van der Waals surface area contributed by atoms with E-state index in [0.717, 1.165) is 12.1 Å². The third-order valence-electron chi connectivity index (χ3n) is 2.92. The predicted octanol–water partition coefficient (Wildman–Crippen LogP) is 0.952. The zero-order chi connectivity index (χ0) is 14.0. The minimum absolute atomic E-state index is 0.118. The Hall–Kier alpha value is -1.95. The number of fused-ring (bicyclic) bond motifs is 1. The smallest absolute Gasteiger partial charge is 0.251 e. The quantitative estimate of drug-likeness (QED) is 0.859. The Bertz CT molecular complexity index is 604. The van der Waals surface area contributed by atoms with Gasteiger partial charge in [-0.15, -0.1) is 5.10 Å². The van der Waals surface area contributed by atoms with Gasteiger partial charge < -0.3 is 10.4 Å². The Morgan fingerprint density at radius 1 is 1.47 bits per heavy atom. The van der Waals surface area contributed by atoms with Gasteiger partial charge in [0.25, 0.3) is 5.91 Å². The van der Waals surface area contributed by atoms with Crippen LogP contribution in [-0.2, 0) is 6.54 Å². The molecule has 2 aromatic rings. The Balaban J connectivity index is 2.29. The van der Waals surface area contributed by atoms with Crippen molar-refractivity contribution in [1.29, 1.82) is 0 Å². The Morgan fingerprint density at radius 3 is 2.84 bits per heavy atom. The molecule has 1 amide bonds. The zero-order valence-corrected chi connectivity index (χ0v) is 11.3. The van der Waals surface area contributed by atoms with Crippen LogP contribution >= 0.6 is 0 Å². The predicted molar refractivity (Wildman–Crippen MR) is 71.8 cm³/mol. The molecule has 1 aromatic heterocycles. The molecule has 6 nitrogen and oxygen atoms in total. The summed E-state index contributed by atoms with van der Waals surface area (Å²) >= 11 is 0. The molecule has 0 radical (unpaired) electrons. The van der Waals surface area contributed by atoms with Gasteiger partial charge in [-0.1, -0.05) is 5.21 Å². The van der Waals surface area contributed by atoms with Crippen LogP contribution in [0, 0.1) is 0 Å². The highest BCUT2D eigenvalue weighted by Crippen LogP contribution is 2.14. The van der Waals surface area contributed by atoms with Gasteiger partial charge in [-0.05, 0) is 39.0 Å². The fraction of sp³-hybridized carbons (Fsp3) is 0.462. The van der Waals surface area contributed by atoms with Crippen molar-refractivity contribution in [3.8, 4) is 0 Å². The number of aliphatic hydroxyl groups is 1. The number of rotatable bonds is 4. The number of aryl methyl sites for hydroxylation is 1. The first kappa shape index (κ1) is 13.5. The van der Waals surface area contributed by atoms with E-state index in [9.17, 15) is 4.79 Å². The van der Waals surface area contributed by atoms with E-state index < -0.39 is 5.54 Å². The van der Waals surface area contributed by atoms with Gasteiger partial charge in [0, 0.05) is 12.1 Å². The Labute approximate surface area is 111 Å². The fourth-order valence-electron chi connectivity index (χ4n) is 1.77. The lowest BCUT2D eigenvalue weighted by Gasteiger charge is -2.23. The molecule has 2 rings (SSSR count). The summed E-state index contributed by atoms with van der Waals surface area (Å²) in [4.78, 5) is 12.1. The number of carbonyl (C=O) groups is 1. The number of nitrogens with zero attached hydrogens (tertiary/aromatic N) is 3. The molecule has 0 aliphatic rings. The van der Waals surface area contributed by atoms with Crippen molar-refractivity contribution in [2.45, 2.75) is 32.9 Å². The number of hydrogen-bond donors (Lipinski definition) is 2.